The van der Waals surface area contributed by atoms with Crippen molar-refractivity contribution in [2.24, 2.45) is 0 Å². The van der Waals surface area contributed by atoms with Gasteiger partial charge in [0.15, 0.2) is 0 Å². The first-order valence-electron chi connectivity index (χ1n) is 4.24. The highest BCUT2D eigenvalue weighted by atomic mass is 19.1. The first-order chi connectivity index (χ1) is 5.81. The lowest BCUT2D eigenvalue weighted by Crippen LogP contribution is -2.27. The highest BCUT2D eigenvalue weighted by Crippen LogP contribution is 2.34. The lowest BCUT2D eigenvalue weighted by Gasteiger charge is -2.29. The predicted molar refractivity (Wildman–Crippen MR) is 46.8 cm³/mol. The van der Waals surface area contributed by atoms with Crippen LogP contribution in [0.1, 0.15) is 17.0 Å². The van der Waals surface area contributed by atoms with Gasteiger partial charge in [-0.3, -0.25) is 0 Å². The molecule has 1 N–H and O–H groups in total. The SMILES string of the molecule is CNCC1Cc2ccc(F)cc21. The van der Waals surface area contributed by atoms with E-state index >= 15 is 0 Å². The van der Waals surface area contributed by atoms with E-state index in [2.05, 4.69) is 5.32 Å². The third-order valence-corrected chi connectivity index (χ3v) is 2.46. The van der Waals surface area contributed by atoms with Gasteiger partial charge in [-0.05, 0) is 36.7 Å². The molecule has 1 atom stereocenters. The molecule has 1 aromatic carbocycles. The first kappa shape index (κ1) is 7.74. The van der Waals surface area contributed by atoms with Crippen molar-refractivity contribution in [2.75, 3.05) is 13.6 Å². The standard InChI is InChI=1S/C10H12FN/c1-12-6-8-4-7-2-3-9(11)5-10(7)8/h2-3,5,8,12H,4,6H2,1H3. The van der Waals surface area contributed by atoms with Crippen LogP contribution in [-0.2, 0) is 6.42 Å². The fraction of sp³-hybridized carbons (Fsp3) is 0.400. The number of benzene rings is 1. The van der Waals surface area contributed by atoms with Crippen LogP contribution >= 0.6 is 0 Å². The van der Waals surface area contributed by atoms with E-state index in [9.17, 15) is 4.39 Å². The molecule has 0 saturated carbocycles. The zero-order valence-corrected chi connectivity index (χ0v) is 7.10. The van der Waals surface area contributed by atoms with E-state index < -0.39 is 0 Å². The van der Waals surface area contributed by atoms with Crippen molar-refractivity contribution in [3.05, 3.63) is 35.1 Å². The molecule has 64 valence electrons. The third-order valence-electron chi connectivity index (χ3n) is 2.46. The largest absolute Gasteiger partial charge is 0.319 e. The molecule has 0 amide bonds. The fourth-order valence-corrected chi connectivity index (χ4v) is 1.80. The van der Waals surface area contributed by atoms with Crippen LogP contribution in [0.5, 0.6) is 0 Å². The molecule has 0 heterocycles. The number of hydrogen-bond acceptors (Lipinski definition) is 1. The first-order valence-corrected chi connectivity index (χ1v) is 4.24. The van der Waals surface area contributed by atoms with E-state index in [1.165, 1.54) is 17.2 Å². The smallest absolute Gasteiger partial charge is 0.123 e. The average Bonchev–Trinajstić information content (AvgIpc) is 2.05. The second kappa shape index (κ2) is 2.87. The van der Waals surface area contributed by atoms with E-state index in [1.807, 2.05) is 13.1 Å². The molecule has 0 fully saturated rings. The minimum absolute atomic E-state index is 0.116. The maximum absolute atomic E-state index is 12.8. The number of likely N-dealkylation sites (N-methyl/N-ethyl adjacent to an activating group) is 1. The van der Waals surface area contributed by atoms with Gasteiger partial charge in [-0.1, -0.05) is 6.07 Å². The van der Waals surface area contributed by atoms with Gasteiger partial charge < -0.3 is 5.32 Å². The maximum Gasteiger partial charge on any atom is 0.123 e. The summed E-state index contributed by atoms with van der Waals surface area (Å²) in [5, 5.41) is 3.11. The molecule has 0 aromatic heterocycles. The van der Waals surface area contributed by atoms with E-state index in [0.717, 1.165) is 13.0 Å². The zero-order chi connectivity index (χ0) is 8.55. The van der Waals surface area contributed by atoms with Gasteiger partial charge in [0, 0.05) is 12.5 Å². The highest BCUT2D eigenvalue weighted by molar-refractivity contribution is 5.40. The Morgan fingerprint density at radius 1 is 1.58 bits per heavy atom. The van der Waals surface area contributed by atoms with Crippen LogP contribution in [0.4, 0.5) is 4.39 Å². The average molecular weight is 165 g/mol. The quantitative estimate of drug-likeness (QED) is 0.703. The molecule has 1 aliphatic carbocycles. The van der Waals surface area contributed by atoms with Crippen molar-refractivity contribution < 1.29 is 4.39 Å². The number of fused-ring (bicyclic) bond motifs is 1. The molecule has 0 spiro atoms. The molecule has 2 rings (SSSR count). The van der Waals surface area contributed by atoms with Crippen LogP contribution in [0.3, 0.4) is 0 Å². The Kier molecular flexibility index (Phi) is 1.85. The second-order valence-electron chi connectivity index (χ2n) is 3.30. The van der Waals surface area contributed by atoms with Crippen molar-refractivity contribution in [3.63, 3.8) is 0 Å². The molecule has 0 saturated heterocycles. The van der Waals surface area contributed by atoms with Gasteiger partial charge in [0.25, 0.3) is 0 Å². The molecular weight excluding hydrogens is 153 g/mol. The lowest BCUT2D eigenvalue weighted by molar-refractivity contribution is 0.552. The highest BCUT2D eigenvalue weighted by Gasteiger charge is 2.25. The van der Waals surface area contributed by atoms with E-state index in [0.29, 0.717) is 5.92 Å². The Morgan fingerprint density at radius 3 is 3.17 bits per heavy atom. The maximum atomic E-state index is 12.8. The van der Waals surface area contributed by atoms with E-state index in [1.54, 1.807) is 6.07 Å². The number of halogens is 1. The van der Waals surface area contributed by atoms with E-state index in [4.69, 9.17) is 0 Å². The van der Waals surface area contributed by atoms with Gasteiger partial charge in [0.2, 0.25) is 0 Å². The summed E-state index contributed by atoms with van der Waals surface area (Å²) < 4.78 is 12.8. The summed E-state index contributed by atoms with van der Waals surface area (Å²) in [7, 11) is 1.93. The van der Waals surface area contributed by atoms with Gasteiger partial charge >= 0.3 is 0 Å². The molecule has 0 aliphatic heterocycles. The fourth-order valence-electron chi connectivity index (χ4n) is 1.80. The summed E-state index contributed by atoms with van der Waals surface area (Å²) >= 11 is 0. The van der Waals surface area contributed by atoms with Gasteiger partial charge in [-0.25, -0.2) is 4.39 Å². The topological polar surface area (TPSA) is 12.0 Å². The van der Waals surface area contributed by atoms with Gasteiger partial charge in [-0.15, -0.1) is 0 Å². The summed E-state index contributed by atoms with van der Waals surface area (Å²) in [6.07, 6.45) is 1.09. The summed E-state index contributed by atoms with van der Waals surface area (Å²) in [5.74, 6) is 0.412. The van der Waals surface area contributed by atoms with Crippen LogP contribution in [0, 0.1) is 5.82 Å². The summed E-state index contributed by atoms with van der Waals surface area (Å²) in [5.41, 5.74) is 2.49. The second-order valence-corrected chi connectivity index (χ2v) is 3.30. The molecule has 2 heteroatoms. The molecule has 12 heavy (non-hydrogen) atoms. The summed E-state index contributed by atoms with van der Waals surface area (Å²) in [6.45, 7) is 0.955. The Morgan fingerprint density at radius 2 is 2.42 bits per heavy atom. The van der Waals surface area contributed by atoms with Gasteiger partial charge in [0.05, 0.1) is 0 Å². The third kappa shape index (κ3) is 1.12. The van der Waals surface area contributed by atoms with E-state index in [-0.39, 0.29) is 5.82 Å². The normalized spacial score (nSPS) is 20.0. The van der Waals surface area contributed by atoms with Crippen molar-refractivity contribution in [1.82, 2.24) is 5.32 Å². The predicted octanol–water partition coefficient (Wildman–Crippen LogP) is 1.68. The zero-order valence-electron chi connectivity index (χ0n) is 7.10. The number of nitrogens with one attached hydrogen (secondary N) is 1. The van der Waals surface area contributed by atoms with Crippen LogP contribution in [0.25, 0.3) is 0 Å². The van der Waals surface area contributed by atoms with Crippen LogP contribution in [0.2, 0.25) is 0 Å². The van der Waals surface area contributed by atoms with Gasteiger partial charge in [-0.2, -0.15) is 0 Å². The number of rotatable bonds is 2. The Hall–Kier alpha value is -0.890. The van der Waals surface area contributed by atoms with Crippen molar-refractivity contribution in [1.29, 1.82) is 0 Å². The lowest BCUT2D eigenvalue weighted by atomic mass is 9.77. The summed E-state index contributed by atoms with van der Waals surface area (Å²) in [4.78, 5) is 0. The molecule has 1 aromatic rings. The van der Waals surface area contributed by atoms with Crippen molar-refractivity contribution in [3.8, 4) is 0 Å². The van der Waals surface area contributed by atoms with Crippen molar-refractivity contribution in [2.45, 2.75) is 12.3 Å². The monoisotopic (exact) mass is 165 g/mol. The minimum atomic E-state index is -0.116. The van der Waals surface area contributed by atoms with Gasteiger partial charge in [0.1, 0.15) is 5.82 Å². The Balaban J connectivity index is 2.22. The van der Waals surface area contributed by atoms with Crippen LogP contribution in [0.15, 0.2) is 18.2 Å². The number of hydrogen-bond donors (Lipinski definition) is 1. The molecular formula is C10H12FN. The molecule has 0 bridgehead atoms. The van der Waals surface area contributed by atoms with Crippen molar-refractivity contribution >= 4 is 0 Å². The molecule has 1 unspecified atom stereocenters. The Labute approximate surface area is 71.6 Å². The van der Waals surface area contributed by atoms with Crippen LogP contribution < -0.4 is 5.32 Å². The van der Waals surface area contributed by atoms with Crippen LogP contribution in [-0.4, -0.2) is 13.6 Å². The minimum Gasteiger partial charge on any atom is -0.319 e. The molecule has 1 nitrogen and oxygen atoms in total. The Bertz CT molecular complexity index is 296. The molecule has 1 aliphatic rings. The summed E-state index contributed by atoms with van der Waals surface area (Å²) in [6, 6.07) is 5.08. The molecule has 0 radical (unpaired) electrons.